The summed E-state index contributed by atoms with van der Waals surface area (Å²) < 4.78 is 5.18. The van der Waals surface area contributed by atoms with Crippen molar-refractivity contribution in [3.8, 4) is 0 Å². The van der Waals surface area contributed by atoms with Gasteiger partial charge in [0, 0.05) is 13.1 Å². The molecule has 0 saturated carbocycles. The highest BCUT2D eigenvalue weighted by Gasteiger charge is 2.25. The van der Waals surface area contributed by atoms with Gasteiger partial charge in [-0.1, -0.05) is 6.92 Å². The molecule has 17 heavy (non-hydrogen) atoms. The van der Waals surface area contributed by atoms with Crippen LogP contribution < -0.4 is 11.1 Å². The van der Waals surface area contributed by atoms with E-state index in [0.29, 0.717) is 32.7 Å². The highest BCUT2D eigenvalue weighted by molar-refractivity contribution is 5.84. The van der Waals surface area contributed by atoms with Crippen molar-refractivity contribution in [3.63, 3.8) is 0 Å². The third-order valence-corrected chi connectivity index (χ3v) is 2.90. The van der Waals surface area contributed by atoms with Crippen molar-refractivity contribution < 1.29 is 14.3 Å². The molecule has 6 nitrogen and oxygen atoms in total. The van der Waals surface area contributed by atoms with Crippen molar-refractivity contribution in [1.82, 2.24) is 10.2 Å². The Balaban J connectivity index is 2.47. The van der Waals surface area contributed by atoms with Crippen molar-refractivity contribution >= 4 is 11.8 Å². The van der Waals surface area contributed by atoms with Gasteiger partial charge in [0.25, 0.3) is 0 Å². The molecule has 0 aromatic carbocycles. The van der Waals surface area contributed by atoms with E-state index in [-0.39, 0.29) is 5.91 Å². The number of hydrogen-bond acceptors (Lipinski definition) is 4. The van der Waals surface area contributed by atoms with Crippen LogP contribution in [0.2, 0.25) is 0 Å². The Kier molecular flexibility index (Phi) is 5.37. The van der Waals surface area contributed by atoms with E-state index in [1.54, 1.807) is 11.8 Å². The lowest BCUT2D eigenvalue weighted by Gasteiger charge is -2.30. The average molecular weight is 243 g/mol. The third-order valence-electron chi connectivity index (χ3n) is 2.90. The average Bonchev–Trinajstić information content (AvgIpc) is 2.35. The Bertz CT molecular complexity index is 277. The van der Waals surface area contributed by atoms with Crippen LogP contribution in [0, 0.1) is 0 Å². The number of hydrogen-bond donors (Lipinski definition) is 2. The molecule has 2 atom stereocenters. The summed E-state index contributed by atoms with van der Waals surface area (Å²) in [6.07, 6.45) is 0.579. The smallest absolute Gasteiger partial charge is 0.239 e. The van der Waals surface area contributed by atoms with E-state index in [9.17, 15) is 9.59 Å². The molecule has 2 unspecified atom stereocenters. The summed E-state index contributed by atoms with van der Waals surface area (Å²) in [7, 11) is 0. The van der Waals surface area contributed by atoms with Gasteiger partial charge in [0.1, 0.15) is 0 Å². The molecule has 0 aromatic heterocycles. The number of morpholine rings is 1. The molecule has 1 heterocycles. The van der Waals surface area contributed by atoms with E-state index in [0.717, 1.165) is 0 Å². The van der Waals surface area contributed by atoms with E-state index in [1.165, 1.54) is 0 Å². The summed E-state index contributed by atoms with van der Waals surface area (Å²) in [5.74, 6) is -0.429. The number of amides is 2. The lowest BCUT2D eigenvalue weighted by molar-refractivity contribution is -0.137. The Hall–Kier alpha value is -1.14. The summed E-state index contributed by atoms with van der Waals surface area (Å²) >= 11 is 0. The molecule has 0 bridgehead atoms. The van der Waals surface area contributed by atoms with Gasteiger partial charge >= 0.3 is 0 Å². The summed E-state index contributed by atoms with van der Waals surface area (Å²) in [6.45, 7) is 5.98. The fraction of sp³-hybridized carbons (Fsp3) is 0.818. The number of nitrogens with two attached hydrogens (primary N) is 1. The molecule has 1 fully saturated rings. The minimum absolute atomic E-state index is 0.00648. The number of primary amides is 1. The number of ether oxygens (including phenoxy) is 1. The van der Waals surface area contributed by atoms with Crippen LogP contribution in [0.3, 0.4) is 0 Å². The monoisotopic (exact) mass is 243 g/mol. The second-order valence-electron chi connectivity index (χ2n) is 4.19. The predicted molar refractivity (Wildman–Crippen MR) is 63.3 cm³/mol. The van der Waals surface area contributed by atoms with E-state index < -0.39 is 18.0 Å². The summed E-state index contributed by atoms with van der Waals surface area (Å²) in [4.78, 5) is 24.9. The van der Waals surface area contributed by atoms with Gasteiger partial charge in [-0.3, -0.25) is 14.9 Å². The quantitative estimate of drug-likeness (QED) is 0.654. The minimum Gasteiger partial charge on any atom is -0.378 e. The summed E-state index contributed by atoms with van der Waals surface area (Å²) in [6, 6.07) is -0.847. The van der Waals surface area contributed by atoms with Crippen molar-refractivity contribution in [2.45, 2.75) is 32.4 Å². The SMILES string of the molecule is CCC(NC(C)C(=O)N1CCOCC1)C(N)=O. The fourth-order valence-corrected chi connectivity index (χ4v) is 1.83. The van der Waals surface area contributed by atoms with Crippen LogP contribution in [0.1, 0.15) is 20.3 Å². The molecule has 1 aliphatic heterocycles. The number of rotatable bonds is 5. The van der Waals surface area contributed by atoms with Crippen LogP contribution in [-0.2, 0) is 14.3 Å². The first-order valence-corrected chi connectivity index (χ1v) is 5.98. The zero-order chi connectivity index (χ0) is 12.8. The zero-order valence-electron chi connectivity index (χ0n) is 10.4. The number of nitrogens with zero attached hydrogens (tertiary/aromatic N) is 1. The van der Waals surface area contributed by atoms with E-state index >= 15 is 0 Å². The topological polar surface area (TPSA) is 84.7 Å². The van der Waals surface area contributed by atoms with Crippen LogP contribution in [0.5, 0.6) is 0 Å². The minimum atomic E-state index is -0.449. The predicted octanol–water partition coefficient (Wildman–Crippen LogP) is -0.913. The molecule has 0 aliphatic carbocycles. The number of nitrogens with one attached hydrogen (secondary N) is 1. The molecule has 2 amide bonds. The standard InChI is InChI=1S/C11H21N3O3/c1-3-9(10(12)15)13-8(2)11(16)14-4-6-17-7-5-14/h8-9,13H,3-7H2,1-2H3,(H2,12,15). The van der Waals surface area contributed by atoms with Crippen molar-refractivity contribution in [3.05, 3.63) is 0 Å². The molecule has 3 N–H and O–H groups in total. The first-order valence-electron chi connectivity index (χ1n) is 5.98. The van der Waals surface area contributed by atoms with Gasteiger partial charge < -0.3 is 15.4 Å². The number of carbonyl (C=O) groups is 2. The Morgan fingerprint density at radius 3 is 2.47 bits per heavy atom. The molecule has 6 heteroatoms. The molecule has 1 aliphatic rings. The maximum absolute atomic E-state index is 12.0. The maximum atomic E-state index is 12.0. The molecule has 1 rings (SSSR count). The zero-order valence-corrected chi connectivity index (χ0v) is 10.4. The van der Waals surface area contributed by atoms with Crippen LogP contribution in [0.4, 0.5) is 0 Å². The second-order valence-corrected chi connectivity index (χ2v) is 4.19. The lowest BCUT2D eigenvalue weighted by atomic mass is 10.1. The third kappa shape index (κ3) is 3.98. The van der Waals surface area contributed by atoms with Gasteiger partial charge in [-0.2, -0.15) is 0 Å². The molecule has 0 spiro atoms. The molecular weight excluding hydrogens is 222 g/mol. The van der Waals surface area contributed by atoms with Crippen molar-refractivity contribution in [2.75, 3.05) is 26.3 Å². The van der Waals surface area contributed by atoms with Gasteiger partial charge in [-0.15, -0.1) is 0 Å². The van der Waals surface area contributed by atoms with E-state index in [2.05, 4.69) is 5.32 Å². The first kappa shape index (κ1) is 13.9. The maximum Gasteiger partial charge on any atom is 0.239 e. The van der Waals surface area contributed by atoms with E-state index in [1.807, 2.05) is 6.92 Å². The Morgan fingerprint density at radius 1 is 1.41 bits per heavy atom. The molecule has 98 valence electrons. The van der Waals surface area contributed by atoms with Crippen molar-refractivity contribution in [1.29, 1.82) is 0 Å². The highest BCUT2D eigenvalue weighted by Crippen LogP contribution is 2.02. The molecule has 0 radical (unpaired) electrons. The van der Waals surface area contributed by atoms with Crippen LogP contribution in [0.25, 0.3) is 0 Å². The fourth-order valence-electron chi connectivity index (χ4n) is 1.83. The normalized spacial score (nSPS) is 19.8. The molecular formula is C11H21N3O3. The molecule has 0 aromatic rings. The number of carbonyl (C=O) groups excluding carboxylic acids is 2. The van der Waals surface area contributed by atoms with Gasteiger partial charge in [0.15, 0.2) is 0 Å². The highest BCUT2D eigenvalue weighted by atomic mass is 16.5. The van der Waals surface area contributed by atoms with Gasteiger partial charge in [0.2, 0.25) is 11.8 Å². The second kappa shape index (κ2) is 6.56. The first-order chi connectivity index (χ1) is 8.06. The van der Waals surface area contributed by atoms with Gasteiger partial charge in [-0.05, 0) is 13.3 Å². The lowest BCUT2D eigenvalue weighted by Crippen LogP contribution is -2.53. The van der Waals surface area contributed by atoms with Crippen LogP contribution in [0.15, 0.2) is 0 Å². The van der Waals surface area contributed by atoms with Gasteiger partial charge in [-0.25, -0.2) is 0 Å². The van der Waals surface area contributed by atoms with Crippen LogP contribution in [-0.4, -0.2) is 55.1 Å². The van der Waals surface area contributed by atoms with Crippen molar-refractivity contribution in [2.24, 2.45) is 5.73 Å². The van der Waals surface area contributed by atoms with Crippen LogP contribution >= 0.6 is 0 Å². The summed E-state index contributed by atoms with van der Waals surface area (Å²) in [5, 5.41) is 2.96. The van der Waals surface area contributed by atoms with Gasteiger partial charge in [0.05, 0.1) is 25.3 Å². The Morgan fingerprint density at radius 2 is 2.00 bits per heavy atom. The Labute approximate surface area is 101 Å². The van der Waals surface area contributed by atoms with E-state index in [4.69, 9.17) is 10.5 Å². The largest absolute Gasteiger partial charge is 0.378 e. The molecule has 1 saturated heterocycles. The summed E-state index contributed by atoms with van der Waals surface area (Å²) in [5.41, 5.74) is 5.23.